The SMILES string of the molecule is CC(NCc1noc(-c2ccco2)n1)C(=O)O. The first kappa shape index (κ1) is 11.3. The number of hydrogen-bond donors (Lipinski definition) is 2. The molecule has 1 unspecified atom stereocenters. The lowest BCUT2D eigenvalue weighted by Crippen LogP contribution is -2.33. The second-order valence-corrected chi connectivity index (χ2v) is 3.43. The van der Waals surface area contributed by atoms with Gasteiger partial charge < -0.3 is 14.0 Å². The smallest absolute Gasteiger partial charge is 0.320 e. The van der Waals surface area contributed by atoms with E-state index in [2.05, 4.69) is 15.5 Å². The van der Waals surface area contributed by atoms with Crippen LogP contribution in [-0.2, 0) is 11.3 Å². The second kappa shape index (κ2) is 4.79. The third-order valence-electron chi connectivity index (χ3n) is 2.14. The summed E-state index contributed by atoms with van der Waals surface area (Å²) in [5, 5.41) is 15.1. The largest absolute Gasteiger partial charge is 0.480 e. The number of nitrogens with zero attached hydrogens (tertiary/aromatic N) is 2. The van der Waals surface area contributed by atoms with Gasteiger partial charge >= 0.3 is 5.97 Å². The van der Waals surface area contributed by atoms with Crippen molar-refractivity contribution in [3.05, 3.63) is 24.2 Å². The standard InChI is InChI=1S/C10H11N3O4/c1-6(10(14)15)11-5-8-12-9(17-13-8)7-3-2-4-16-7/h2-4,6,11H,5H2,1H3,(H,14,15). The molecule has 2 aromatic heterocycles. The van der Waals surface area contributed by atoms with Crippen LogP contribution >= 0.6 is 0 Å². The van der Waals surface area contributed by atoms with Crippen molar-refractivity contribution in [2.45, 2.75) is 19.5 Å². The Bertz CT molecular complexity index is 491. The number of carboxylic acid groups (broad SMARTS) is 1. The summed E-state index contributed by atoms with van der Waals surface area (Å²) in [6, 6.07) is 2.75. The van der Waals surface area contributed by atoms with E-state index >= 15 is 0 Å². The molecule has 2 N–H and O–H groups in total. The van der Waals surface area contributed by atoms with Crippen LogP contribution in [-0.4, -0.2) is 27.3 Å². The third-order valence-corrected chi connectivity index (χ3v) is 2.14. The van der Waals surface area contributed by atoms with Gasteiger partial charge in [-0.05, 0) is 19.1 Å². The van der Waals surface area contributed by atoms with Gasteiger partial charge in [0.2, 0.25) is 0 Å². The molecule has 0 bridgehead atoms. The molecule has 17 heavy (non-hydrogen) atoms. The zero-order chi connectivity index (χ0) is 12.3. The van der Waals surface area contributed by atoms with E-state index < -0.39 is 12.0 Å². The average Bonchev–Trinajstić information content (AvgIpc) is 2.95. The van der Waals surface area contributed by atoms with E-state index in [0.717, 1.165) is 0 Å². The summed E-state index contributed by atoms with van der Waals surface area (Å²) in [6.45, 7) is 1.76. The van der Waals surface area contributed by atoms with Gasteiger partial charge in [0.05, 0.1) is 12.8 Å². The maximum Gasteiger partial charge on any atom is 0.320 e. The number of nitrogens with one attached hydrogen (secondary N) is 1. The highest BCUT2D eigenvalue weighted by Crippen LogP contribution is 2.16. The highest BCUT2D eigenvalue weighted by atomic mass is 16.5. The lowest BCUT2D eigenvalue weighted by atomic mass is 10.3. The van der Waals surface area contributed by atoms with Crippen molar-refractivity contribution in [1.82, 2.24) is 15.5 Å². The molecule has 0 saturated carbocycles. The fraction of sp³-hybridized carbons (Fsp3) is 0.300. The van der Waals surface area contributed by atoms with Crippen LogP contribution in [0.4, 0.5) is 0 Å². The third kappa shape index (κ3) is 2.70. The molecular weight excluding hydrogens is 226 g/mol. The van der Waals surface area contributed by atoms with Crippen LogP contribution in [0.2, 0.25) is 0 Å². The van der Waals surface area contributed by atoms with Gasteiger partial charge in [-0.3, -0.25) is 10.1 Å². The lowest BCUT2D eigenvalue weighted by molar-refractivity contribution is -0.139. The molecule has 0 aliphatic rings. The predicted octanol–water partition coefficient (Wildman–Crippen LogP) is 0.892. The Hall–Kier alpha value is -2.15. The molecule has 0 radical (unpaired) electrons. The minimum absolute atomic E-state index is 0.220. The number of rotatable bonds is 5. The van der Waals surface area contributed by atoms with Gasteiger partial charge in [0.1, 0.15) is 6.04 Å². The summed E-state index contributed by atoms with van der Waals surface area (Å²) < 4.78 is 10.0. The average molecular weight is 237 g/mol. The Balaban J connectivity index is 1.97. The molecule has 7 nitrogen and oxygen atoms in total. The Kier molecular flexibility index (Phi) is 3.20. The Labute approximate surface area is 96.4 Å². The Morgan fingerprint density at radius 3 is 3.12 bits per heavy atom. The summed E-state index contributed by atoms with van der Waals surface area (Å²) in [5.74, 6) is 0.203. The number of aliphatic carboxylic acids is 1. The van der Waals surface area contributed by atoms with Crippen LogP contribution in [0.1, 0.15) is 12.7 Å². The van der Waals surface area contributed by atoms with Crippen molar-refractivity contribution in [3.63, 3.8) is 0 Å². The highest BCUT2D eigenvalue weighted by molar-refractivity contribution is 5.72. The minimum atomic E-state index is -0.931. The minimum Gasteiger partial charge on any atom is -0.480 e. The Morgan fingerprint density at radius 2 is 2.47 bits per heavy atom. The molecule has 0 amide bonds. The number of carboxylic acids is 1. The van der Waals surface area contributed by atoms with Gasteiger partial charge in [0.25, 0.3) is 5.89 Å². The highest BCUT2D eigenvalue weighted by Gasteiger charge is 2.14. The zero-order valence-corrected chi connectivity index (χ0v) is 9.08. The van der Waals surface area contributed by atoms with E-state index in [0.29, 0.717) is 11.6 Å². The second-order valence-electron chi connectivity index (χ2n) is 3.43. The van der Waals surface area contributed by atoms with E-state index in [1.807, 2.05) is 0 Å². The topological polar surface area (TPSA) is 101 Å². The van der Waals surface area contributed by atoms with Crippen LogP contribution in [0.3, 0.4) is 0 Å². The first-order valence-corrected chi connectivity index (χ1v) is 4.99. The van der Waals surface area contributed by atoms with Crippen LogP contribution in [0.25, 0.3) is 11.7 Å². The predicted molar refractivity (Wildman–Crippen MR) is 55.9 cm³/mol. The summed E-state index contributed by atoms with van der Waals surface area (Å²) in [5.41, 5.74) is 0. The van der Waals surface area contributed by atoms with E-state index in [1.165, 1.54) is 13.2 Å². The van der Waals surface area contributed by atoms with Crippen LogP contribution in [0, 0.1) is 0 Å². The number of furan rings is 1. The molecule has 1 atom stereocenters. The fourth-order valence-electron chi connectivity index (χ4n) is 1.16. The van der Waals surface area contributed by atoms with Crippen molar-refractivity contribution in [2.24, 2.45) is 0 Å². The number of hydrogen-bond acceptors (Lipinski definition) is 6. The first-order chi connectivity index (χ1) is 8.16. The molecule has 2 rings (SSSR count). The van der Waals surface area contributed by atoms with Gasteiger partial charge in [-0.2, -0.15) is 4.98 Å². The van der Waals surface area contributed by atoms with Crippen LogP contribution < -0.4 is 5.32 Å². The van der Waals surface area contributed by atoms with Crippen molar-refractivity contribution >= 4 is 5.97 Å². The summed E-state index contributed by atoms with van der Waals surface area (Å²) in [7, 11) is 0. The molecule has 0 aliphatic carbocycles. The van der Waals surface area contributed by atoms with Gasteiger partial charge in [-0.1, -0.05) is 5.16 Å². The Morgan fingerprint density at radius 1 is 1.65 bits per heavy atom. The molecule has 0 spiro atoms. The molecule has 2 aromatic rings. The van der Waals surface area contributed by atoms with Gasteiger partial charge in [-0.15, -0.1) is 0 Å². The summed E-state index contributed by atoms with van der Waals surface area (Å²) in [6.07, 6.45) is 1.50. The summed E-state index contributed by atoms with van der Waals surface area (Å²) in [4.78, 5) is 14.6. The monoisotopic (exact) mass is 237 g/mol. The summed E-state index contributed by atoms with van der Waals surface area (Å²) >= 11 is 0. The normalized spacial score (nSPS) is 12.5. The number of aromatic nitrogens is 2. The van der Waals surface area contributed by atoms with E-state index in [9.17, 15) is 4.79 Å². The first-order valence-electron chi connectivity index (χ1n) is 4.99. The van der Waals surface area contributed by atoms with Crippen LogP contribution in [0.15, 0.2) is 27.3 Å². The molecular formula is C10H11N3O4. The van der Waals surface area contributed by atoms with E-state index in [1.54, 1.807) is 12.1 Å². The maximum atomic E-state index is 10.6. The maximum absolute atomic E-state index is 10.6. The van der Waals surface area contributed by atoms with Gasteiger partial charge in [0, 0.05) is 0 Å². The van der Waals surface area contributed by atoms with Crippen molar-refractivity contribution in [1.29, 1.82) is 0 Å². The fourth-order valence-corrected chi connectivity index (χ4v) is 1.16. The molecule has 90 valence electrons. The molecule has 0 fully saturated rings. The van der Waals surface area contributed by atoms with Crippen molar-refractivity contribution < 1.29 is 18.8 Å². The lowest BCUT2D eigenvalue weighted by Gasteiger charge is -2.05. The molecule has 0 aromatic carbocycles. The van der Waals surface area contributed by atoms with Crippen molar-refractivity contribution in [3.8, 4) is 11.7 Å². The van der Waals surface area contributed by atoms with E-state index in [-0.39, 0.29) is 12.4 Å². The van der Waals surface area contributed by atoms with Gasteiger partial charge in [0.15, 0.2) is 11.6 Å². The molecule has 2 heterocycles. The van der Waals surface area contributed by atoms with Gasteiger partial charge in [-0.25, -0.2) is 0 Å². The molecule has 0 aliphatic heterocycles. The molecule has 0 saturated heterocycles. The van der Waals surface area contributed by atoms with Crippen molar-refractivity contribution in [2.75, 3.05) is 0 Å². The van der Waals surface area contributed by atoms with Crippen LogP contribution in [0.5, 0.6) is 0 Å². The number of carbonyl (C=O) groups is 1. The zero-order valence-electron chi connectivity index (χ0n) is 9.08. The van der Waals surface area contributed by atoms with E-state index in [4.69, 9.17) is 14.0 Å². The molecule has 7 heteroatoms. The quantitative estimate of drug-likeness (QED) is 0.796.